The quantitative estimate of drug-likeness (QED) is 0.652. The van der Waals surface area contributed by atoms with Crippen molar-refractivity contribution in [2.24, 2.45) is 10.1 Å². The van der Waals surface area contributed by atoms with Gasteiger partial charge in [-0.05, 0) is 42.1 Å². The molecule has 0 aliphatic carbocycles. The lowest BCUT2D eigenvalue weighted by molar-refractivity contribution is -0.133. The molecular formula is C22H19N5O4S2. The van der Waals surface area contributed by atoms with Crippen molar-refractivity contribution in [3.8, 4) is 0 Å². The average molecular weight is 482 g/mol. The lowest BCUT2D eigenvalue weighted by atomic mass is 10.1. The van der Waals surface area contributed by atoms with Crippen LogP contribution >= 0.6 is 23.5 Å². The molecule has 4 heterocycles. The number of hydrogen-bond donors (Lipinski definition) is 1. The molecule has 1 N–H and O–H groups in total. The van der Waals surface area contributed by atoms with Crippen LogP contribution in [0, 0.1) is 5.41 Å². The molecule has 0 atom stereocenters. The first-order chi connectivity index (χ1) is 16.1. The van der Waals surface area contributed by atoms with E-state index in [0.717, 1.165) is 16.7 Å². The number of amidine groups is 2. The van der Waals surface area contributed by atoms with Crippen LogP contribution in [-0.4, -0.2) is 64.1 Å². The molecule has 0 radical (unpaired) electrons. The largest absolute Gasteiger partial charge is 0.450 e. The molecule has 3 aliphatic heterocycles. The second kappa shape index (κ2) is 9.38. The molecule has 3 aliphatic rings. The van der Waals surface area contributed by atoms with Crippen LogP contribution in [0.25, 0.3) is 6.08 Å². The number of nitrogens with zero attached hydrogens (tertiary/aromatic N) is 4. The van der Waals surface area contributed by atoms with E-state index in [1.165, 1.54) is 22.8 Å². The number of ether oxygens (including phenoxy) is 1. The summed E-state index contributed by atoms with van der Waals surface area (Å²) >= 11 is 2.60. The van der Waals surface area contributed by atoms with Crippen molar-refractivity contribution in [1.82, 2.24) is 9.91 Å². The predicted molar refractivity (Wildman–Crippen MR) is 126 cm³/mol. The Hall–Kier alpha value is -3.15. The summed E-state index contributed by atoms with van der Waals surface area (Å²) in [4.78, 5) is 31.9. The summed E-state index contributed by atoms with van der Waals surface area (Å²) in [5, 5.41) is 15.6. The standard InChI is InChI=1S/C22H19N5O4S2/c23-20-16(12-14-6-7-19(31-14)32-15-4-2-1-3-5-15)21(29)24-22-27(20)25-17(33-22)13-18(28)26-8-10-30-11-9-26/h1-7,12,23H,8-11,13H2/b16-12-,23-20?. The van der Waals surface area contributed by atoms with E-state index in [2.05, 4.69) is 10.1 Å². The van der Waals surface area contributed by atoms with Crippen LogP contribution in [0.15, 0.2) is 72.5 Å². The average Bonchev–Trinajstić information content (AvgIpc) is 3.44. The molecular weight excluding hydrogens is 462 g/mol. The first-order valence-corrected chi connectivity index (χ1v) is 11.9. The summed E-state index contributed by atoms with van der Waals surface area (Å²) in [5.41, 5.74) is 0.0782. The molecule has 168 valence electrons. The molecule has 9 nitrogen and oxygen atoms in total. The van der Waals surface area contributed by atoms with E-state index in [4.69, 9.17) is 14.6 Å². The fourth-order valence-corrected chi connectivity index (χ4v) is 5.05. The maximum atomic E-state index is 12.6. The maximum Gasteiger partial charge on any atom is 0.283 e. The van der Waals surface area contributed by atoms with E-state index in [-0.39, 0.29) is 28.9 Å². The van der Waals surface area contributed by atoms with Crippen LogP contribution in [0.5, 0.6) is 0 Å². The number of amides is 2. The number of morpholine rings is 1. The zero-order chi connectivity index (χ0) is 22.8. The summed E-state index contributed by atoms with van der Waals surface area (Å²) in [6.45, 7) is 2.15. The Morgan fingerprint density at radius 1 is 1.18 bits per heavy atom. The van der Waals surface area contributed by atoms with Crippen molar-refractivity contribution in [3.05, 3.63) is 53.8 Å². The highest BCUT2D eigenvalue weighted by molar-refractivity contribution is 8.27. The van der Waals surface area contributed by atoms with Crippen molar-refractivity contribution >= 4 is 57.5 Å². The molecule has 1 saturated heterocycles. The van der Waals surface area contributed by atoms with Crippen LogP contribution in [-0.2, 0) is 14.3 Å². The second-order valence-corrected chi connectivity index (χ2v) is 9.37. The Balaban J connectivity index is 1.29. The Kier molecular flexibility index (Phi) is 6.16. The maximum absolute atomic E-state index is 12.6. The van der Waals surface area contributed by atoms with Crippen LogP contribution in [0.4, 0.5) is 0 Å². The van der Waals surface area contributed by atoms with Gasteiger partial charge in [0.2, 0.25) is 11.1 Å². The summed E-state index contributed by atoms with van der Waals surface area (Å²) in [7, 11) is 0. The van der Waals surface area contributed by atoms with Crippen LogP contribution < -0.4 is 0 Å². The number of thioether (sulfide) groups is 1. The van der Waals surface area contributed by atoms with Crippen molar-refractivity contribution in [1.29, 1.82) is 5.41 Å². The number of hydrogen-bond acceptors (Lipinski definition) is 8. The van der Waals surface area contributed by atoms with Crippen molar-refractivity contribution in [3.63, 3.8) is 0 Å². The highest BCUT2D eigenvalue weighted by atomic mass is 32.2. The first kappa shape index (κ1) is 21.7. The van der Waals surface area contributed by atoms with Gasteiger partial charge in [-0.1, -0.05) is 30.0 Å². The van der Waals surface area contributed by atoms with E-state index in [0.29, 0.717) is 42.2 Å². The number of nitrogens with one attached hydrogen (secondary N) is 1. The molecule has 5 rings (SSSR count). The summed E-state index contributed by atoms with van der Waals surface area (Å²) in [6, 6.07) is 13.4. The summed E-state index contributed by atoms with van der Waals surface area (Å²) < 4.78 is 11.1. The highest BCUT2D eigenvalue weighted by Gasteiger charge is 2.36. The molecule has 0 spiro atoms. The van der Waals surface area contributed by atoms with Gasteiger partial charge in [0.05, 0.1) is 25.2 Å². The Morgan fingerprint density at radius 3 is 2.76 bits per heavy atom. The smallest absolute Gasteiger partial charge is 0.283 e. The first-order valence-electron chi connectivity index (χ1n) is 10.2. The van der Waals surface area contributed by atoms with Gasteiger partial charge in [0, 0.05) is 18.0 Å². The number of fused-ring (bicyclic) bond motifs is 1. The van der Waals surface area contributed by atoms with E-state index in [1.807, 2.05) is 36.4 Å². The normalized spacial score (nSPS) is 19.6. The number of carbonyl (C=O) groups excluding carboxylic acids is 2. The van der Waals surface area contributed by atoms with Crippen molar-refractivity contribution in [2.75, 3.05) is 26.3 Å². The molecule has 2 aromatic rings. The molecule has 1 fully saturated rings. The van der Waals surface area contributed by atoms with Gasteiger partial charge >= 0.3 is 0 Å². The molecule has 0 unspecified atom stereocenters. The number of rotatable bonds is 5. The second-order valence-electron chi connectivity index (χ2n) is 7.26. The molecule has 0 bridgehead atoms. The Labute approximate surface area is 198 Å². The van der Waals surface area contributed by atoms with Gasteiger partial charge in [0.1, 0.15) is 10.8 Å². The van der Waals surface area contributed by atoms with Gasteiger partial charge in [-0.25, -0.2) is 0 Å². The summed E-state index contributed by atoms with van der Waals surface area (Å²) in [6.07, 6.45) is 1.59. The Bertz CT molecular complexity index is 1200. The van der Waals surface area contributed by atoms with Crippen LogP contribution in [0.2, 0.25) is 0 Å². The zero-order valence-electron chi connectivity index (χ0n) is 17.4. The van der Waals surface area contributed by atoms with E-state index in [1.54, 1.807) is 11.0 Å². The van der Waals surface area contributed by atoms with Gasteiger partial charge in [0.25, 0.3) is 5.91 Å². The number of hydrazone groups is 1. The SMILES string of the molecule is N=C1/C(=C/c2ccc(Sc3ccccc3)o2)C(=O)N=C2SC(CC(=O)N3CCOCC3)=NN12. The molecule has 11 heteroatoms. The third-order valence-electron chi connectivity index (χ3n) is 5.01. The lowest BCUT2D eigenvalue weighted by Gasteiger charge is -2.26. The number of aliphatic imine (C=N–C) groups is 1. The number of benzene rings is 1. The van der Waals surface area contributed by atoms with Crippen molar-refractivity contribution in [2.45, 2.75) is 16.4 Å². The minimum Gasteiger partial charge on any atom is -0.450 e. The lowest BCUT2D eigenvalue weighted by Crippen LogP contribution is -2.41. The minimum atomic E-state index is -0.539. The van der Waals surface area contributed by atoms with Gasteiger partial charge in [-0.3, -0.25) is 15.0 Å². The summed E-state index contributed by atoms with van der Waals surface area (Å²) in [5.74, 6) is -0.250. The third kappa shape index (κ3) is 4.80. The third-order valence-corrected chi connectivity index (χ3v) is 6.85. The number of carbonyl (C=O) groups is 2. The molecule has 33 heavy (non-hydrogen) atoms. The van der Waals surface area contributed by atoms with Gasteiger partial charge in [-0.2, -0.15) is 15.1 Å². The molecule has 1 aromatic heterocycles. The predicted octanol–water partition coefficient (Wildman–Crippen LogP) is 3.30. The minimum absolute atomic E-state index is 0.0577. The zero-order valence-corrected chi connectivity index (χ0v) is 19.0. The van der Waals surface area contributed by atoms with Crippen molar-refractivity contribution < 1.29 is 18.7 Å². The van der Waals surface area contributed by atoms with Gasteiger partial charge < -0.3 is 14.1 Å². The topological polar surface area (TPSA) is 112 Å². The highest BCUT2D eigenvalue weighted by Crippen LogP contribution is 2.32. The fourth-order valence-electron chi connectivity index (χ4n) is 3.37. The molecule has 0 saturated carbocycles. The van der Waals surface area contributed by atoms with E-state index >= 15 is 0 Å². The fraction of sp³-hybridized carbons (Fsp3) is 0.227. The molecule has 1 aromatic carbocycles. The Morgan fingerprint density at radius 2 is 1.97 bits per heavy atom. The van der Waals surface area contributed by atoms with Crippen LogP contribution in [0.1, 0.15) is 12.2 Å². The van der Waals surface area contributed by atoms with Gasteiger partial charge in [-0.15, -0.1) is 0 Å². The van der Waals surface area contributed by atoms with Gasteiger partial charge in [0.15, 0.2) is 10.9 Å². The van der Waals surface area contributed by atoms with E-state index in [9.17, 15) is 9.59 Å². The van der Waals surface area contributed by atoms with Crippen LogP contribution in [0.3, 0.4) is 0 Å². The monoisotopic (exact) mass is 481 g/mol. The van der Waals surface area contributed by atoms with E-state index < -0.39 is 5.91 Å². The molecule has 2 amide bonds. The number of furan rings is 1.